The van der Waals surface area contributed by atoms with Gasteiger partial charge >= 0.3 is 5.97 Å². The number of nitrogens with one attached hydrogen (secondary N) is 1. The smallest absolute Gasteiger partial charge is 0.343 e. The van der Waals surface area contributed by atoms with Crippen LogP contribution in [-0.2, 0) is 4.79 Å². The molecule has 0 radical (unpaired) electrons. The number of amides is 1. The molecule has 1 N–H and O–H groups in total. The van der Waals surface area contributed by atoms with Crippen LogP contribution in [0.1, 0.15) is 35.7 Å². The van der Waals surface area contributed by atoms with E-state index in [9.17, 15) is 9.59 Å². The molecule has 0 bridgehead atoms. The Labute approximate surface area is 227 Å². The lowest BCUT2D eigenvalue weighted by Gasteiger charge is -2.10. The van der Waals surface area contributed by atoms with Gasteiger partial charge in [0.15, 0.2) is 18.1 Å². The molecule has 0 fully saturated rings. The molecule has 0 saturated carbocycles. The fraction of sp³-hybridized carbons (Fsp3) is 0.194. The molecule has 39 heavy (non-hydrogen) atoms. The number of unbranched alkanes of at least 4 members (excludes halogenated alkanes) is 1. The maximum Gasteiger partial charge on any atom is 0.343 e. The Morgan fingerprint density at radius 1 is 0.872 bits per heavy atom. The number of carbonyl (C=O) groups excluding carboxylic acids is 2. The standard InChI is InChI=1S/C31H30N2O6/c1-3-4-18-37-25-15-13-24(14-16-25)31(35)39-28-17-12-22(19-29(28)36-2)20-32-33-30(34)21-38-27-11-7-9-23-8-5-6-10-26(23)27/h5-17,19-20H,3-4,18,21H2,1-2H3,(H,33,34)/b32-20+. The van der Waals surface area contributed by atoms with E-state index in [-0.39, 0.29) is 12.4 Å². The third-order valence-corrected chi connectivity index (χ3v) is 5.76. The first-order chi connectivity index (χ1) is 19.1. The zero-order chi connectivity index (χ0) is 27.5. The van der Waals surface area contributed by atoms with Crippen LogP contribution in [0.2, 0.25) is 0 Å². The first kappa shape index (κ1) is 27.2. The van der Waals surface area contributed by atoms with Gasteiger partial charge in [-0.25, -0.2) is 10.2 Å². The number of benzene rings is 4. The van der Waals surface area contributed by atoms with Gasteiger partial charge in [0.25, 0.3) is 5.91 Å². The molecule has 4 aromatic rings. The zero-order valence-corrected chi connectivity index (χ0v) is 21.9. The first-order valence-corrected chi connectivity index (χ1v) is 12.6. The number of fused-ring (bicyclic) bond motifs is 1. The SMILES string of the molecule is CCCCOc1ccc(C(=O)Oc2ccc(/C=N/NC(=O)COc3cccc4ccccc34)cc2OC)cc1. The Balaban J connectivity index is 1.30. The lowest BCUT2D eigenvalue weighted by molar-refractivity contribution is -0.123. The van der Waals surface area contributed by atoms with Crippen LogP contribution in [0.25, 0.3) is 10.8 Å². The highest BCUT2D eigenvalue weighted by Gasteiger charge is 2.13. The molecule has 8 heteroatoms. The Morgan fingerprint density at radius 2 is 1.67 bits per heavy atom. The maximum absolute atomic E-state index is 12.6. The summed E-state index contributed by atoms with van der Waals surface area (Å²) in [6.45, 7) is 2.55. The highest BCUT2D eigenvalue weighted by atomic mass is 16.6. The number of hydrogen-bond donors (Lipinski definition) is 1. The van der Waals surface area contributed by atoms with Gasteiger partial charge in [-0.3, -0.25) is 4.79 Å². The van der Waals surface area contributed by atoms with E-state index in [1.165, 1.54) is 13.3 Å². The average Bonchev–Trinajstić information content (AvgIpc) is 2.97. The highest BCUT2D eigenvalue weighted by Crippen LogP contribution is 2.29. The summed E-state index contributed by atoms with van der Waals surface area (Å²) in [6.07, 6.45) is 3.48. The van der Waals surface area contributed by atoms with Gasteiger partial charge in [0.05, 0.1) is 25.5 Å². The Kier molecular flexibility index (Phi) is 9.50. The summed E-state index contributed by atoms with van der Waals surface area (Å²) in [4.78, 5) is 24.8. The van der Waals surface area contributed by atoms with Crippen molar-refractivity contribution in [3.63, 3.8) is 0 Å². The molecule has 0 saturated heterocycles. The molecule has 0 aliphatic heterocycles. The van der Waals surface area contributed by atoms with Gasteiger partial charge in [-0.05, 0) is 65.9 Å². The maximum atomic E-state index is 12.6. The summed E-state index contributed by atoms with van der Waals surface area (Å²) in [5, 5.41) is 5.94. The molecule has 0 aliphatic carbocycles. The number of hydrogen-bond acceptors (Lipinski definition) is 7. The van der Waals surface area contributed by atoms with Crippen molar-refractivity contribution in [3.8, 4) is 23.0 Å². The summed E-state index contributed by atoms with van der Waals surface area (Å²) < 4.78 is 22.2. The molecule has 200 valence electrons. The minimum atomic E-state index is -0.520. The van der Waals surface area contributed by atoms with E-state index in [0.717, 1.165) is 23.6 Å². The van der Waals surface area contributed by atoms with Crippen molar-refractivity contribution in [2.24, 2.45) is 5.10 Å². The fourth-order valence-corrected chi connectivity index (χ4v) is 3.71. The quantitative estimate of drug-likeness (QED) is 0.0827. The first-order valence-electron chi connectivity index (χ1n) is 12.6. The summed E-state index contributed by atoms with van der Waals surface area (Å²) in [6, 6.07) is 25.2. The molecule has 0 aliphatic rings. The monoisotopic (exact) mass is 526 g/mol. The van der Waals surface area contributed by atoms with Crippen LogP contribution in [0.4, 0.5) is 0 Å². The van der Waals surface area contributed by atoms with E-state index < -0.39 is 11.9 Å². The predicted molar refractivity (Wildman–Crippen MR) is 150 cm³/mol. The number of nitrogens with zero attached hydrogens (tertiary/aromatic N) is 1. The van der Waals surface area contributed by atoms with Crippen molar-refractivity contribution < 1.29 is 28.5 Å². The second kappa shape index (κ2) is 13.6. The van der Waals surface area contributed by atoms with E-state index in [1.54, 1.807) is 42.5 Å². The van der Waals surface area contributed by atoms with Gasteiger partial charge in [0, 0.05) is 5.39 Å². The zero-order valence-electron chi connectivity index (χ0n) is 21.9. The molecule has 0 spiro atoms. The summed E-state index contributed by atoms with van der Waals surface area (Å²) in [5.74, 6) is 1.01. The van der Waals surface area contributed by atoms with Crippen LogP contribution < -0.4 is 24.4 Å². The van der Waals surface area contributed by atoms with E-state index in [0.29, 0.717) is 35.0 Å². The molecule has 0 atom stereocenters. The third kappa shape index (κ3) is 7.58. The number of methoxy groups -OCH3 is 1. The molecular formula is C31H30N2O6. The highest BCUT2D eigenvalue weighted by molar-refractivity contribution is 5.92. The van der Waals surface area contributed by atoms with Crippen molar-refractivity contribution in [2.75, 3.05) is 20.3 Å². The van der Waals surface area contributed by atoms with Crippen molar-refractivity contribution >= 4 is 28.9 Å². The van der Waals surface area contributed by atoms with Gasteiger partial charge < -0.3 is 18.9 Å². The van der Waals surface area contributed by atoms with Crippen molar-refractivity contribution in [3.05, 3.63) is 96.1 Å². The fourth-order valence-electron chi connectivity index (χ4n) is 3.71. The number of carbonyl (C=O) groups is 2. The minimum Gasteiger partial charge on any atom is -0.494 e. The van der Waals surface area contributed by atoms with Gasteiger partial charge in [-0.15, -0.1) is 0 Å². The van der Waals surface area contributed by atoms with Gasteiger partial charge in [-0.2, -0.15) is 5.10 Å². The Morgan fingerprint density at radius 3 is 2.46 bits per heavy atom. The number of rotatable bonds is 12. The predicted octanol–water partition coefficient (Wildman–Crippen LogP) is 5.78. The van der Waals surface area contributed by atoms with E-state index in [2.05, 4.69) is 17.5 Å². The number of esters is 1. The lowest BCUT2D eigenvalue weighted by atomic mass is 10.1. The van der Waals surface area contributed by atoms with Crippen molar-refractivity contribution in [2.45, 2.75) is 19.8 Å². The van der Waals surface area contributed by atoms with Gasteiger partial charge in [-0.1, -0.05) is 49.7 Å². The number of hydrazone groups is 1. The van der Waals surface area contributed by atoms with Crippen LogP contribution in [0.3, 0.4) is 0 Å². The Hall–Kier alpha value is -4.85. The lowest BCUT2D eigenvalue weighted by Crippen LogP contribution is -2.24. The Bertz CT molecular complexity index is 1440. The van der Waals surface area contributed by atoms with Crippen LogP contribution in [-0.4, -0.2) is 38.4 Å². The van der Waals surface area contributed by atoms with E-state index in [1.807, 2.05) is 42.5 Å². The molecule has 4 rings (SSSR count). The molecule has 0 aromatic heterocycles. The second-order valence-corrected chi connectivity index (χ2v) is 8.59. The van der Waals surface area contributed by atoms with Crippen molar-refractivity contribution in [1.82, 2.24) is 5.43 Å². The van der Waals surface area contributed by atoms with Crippen LogP contribution >= 0.6 is 0 Å². The molecule has 0 heterocycles. The average molecular weight is 527 g/mol. The molecule has 8 nitrogen and oxygen atoms in total. The molecule has 0 unspecified atom stereocenters. The summed E-state index contributed by atoms with van der Waals surface area (Å²) in [7, 11) is 1.47. The summed E-state index contributed by atoms with van der Waals surface area (Å²) in [5.41, 5.74) is 3.47. The minimum absolute atomic E-state index is 0.185. The largest absolute Gasteiger partial charge is 0.494 e. The van der Waals surface area contributed by atoms with Crippen LogP contribution in [0.15, 0.2) is 90.0 Å². The molecule has 4 aromatic carbocycles. The normalized spacial score (nSPS) is 10.8. The van der Waals surface area contributed by atoms with E-state index >= 15 is 0 Å². The summed E-state index contributed by atoms with van der Waals surface area (Å²) >= 11 is 0. The number of ether oxygens (including phenoxy) is 4. The van der Waals surface area contributed by atoms with Crippen LogP contribution in [0, 0.1) is 0 Å². The van der Waals surface area contributed by atoms with E-state index in [4.69, 9.17) is 18.9 Å². The van der Waals surface area contributed by atoms with Gasteiger partial charge in [0.1, 0.15) is 11.5 Å². The van der Waals surface area contributed by atoms with Crippen LogP contribution in [0.5, 0.6) is 23.0 Å². The molecular weight excluding hydrogens is 496 g/mol. The second-order valence-electron chi connectivity index (χ2n) is 8.59. The molecule has 1 amide bonds. The third-order valence-electron chi connectivity index (χ3n) is 5.76. The van der Waals surface area contributed by atoms with Gasteiger partial charge in [0.2, 0.25) is 0 Å². The van der Waals surface area contributed by atoms with Crippen molar-refractivity contribution in [1.29, 1.82) is 0 Å². The topological polar surface area (TPSA) is 95.5 Å².